The van der Waals surface area contributed by atoms with Crippen molar-refractivity contribution in [3.8, 4) is 0 Å². The Morgan fingerprint density at radius 3 is 2.29 bits per heavy atom. The van der Waals surface area contributed by atoms with Gasteiger partial charge in [-0.2, -0.15) is 4.31 Å². The molecule has 128 valence electrons. The number of nitrogens with zero attached hydrogens (tertiary/aromatic N) is 1. The van der Waals surface area contributed by atoms with E-state index in [1.165, 1.54) is 25.9 Å². The molecular weight excluding hydrogens is 320 g/mol. The molecule has 4 rings (SSSR count). The fraction of sp³-hybridized carbons (Fsp3) is 0.474. The lowest BCUT2D eigenvalue weighted by Gasteiger charge is -2.33. The average Bonchev–Trinajstić information content (AvgIpc) is 3.16. The quantitative estimate of drug-likeness (QED) is 0.919. The number of hydrogen-bond acceptors (Lipinski definition) is 2. The summed E-state index contributed by atoms with van der Waals surface area (Å²) in [6.45, 7) is 3.84. The van der Waals surface area contributed by atoms with Crippen molar-refractivity contribution >= 4 is 20.8 Å². The summed E-state index contributed by atoms with van der Waals surface area (Å²) < 4.78 is 27.6. The van der Waals surface area contributed by atoms with E-state index in [0.717, 1.165) is 23.6 Å². The molecule has 0 spiro atoms. The Labute approximate surface area is 144 Å². The summed E-state index contributed by atoms with van der Waals surface area (Å²) in [6, 6.07) is 14.0. The maximum atomic E-state index is 13.0. The molecular formula is C19H25N2O2S+. The van der Waals surface area contributed by atoms with Crippen LogP contribution in [0.15, 0.2) is 47.4 Å². The van der Waals surface area contributed by atoms with Crippen LogP contribution in [0.25, 0.3) is 10.8 Å². The van der Waals surface area contributed by atoms with E-state index >= 15 is 0 Å². The van der Waals surface area contributed by atoms with Gasteiger partial charge in [0.2, 0.25) is 10.0 Å². The number of rotatable bonds is 3. The van der Waals surface area contributed by atoms with Crippen LogP contribution in [-0.4, -0.2) is 44.9 Å². The Morgan fingerprint density at radius 2 is 1.58 bits per heavy atom. The van der Waals surface area contributed by atoms with Crippen LogP contribution in [0.1, 0.15) is 25.7 Å². The van der Waals surface area contributed by atoms with Crippen molar-refractivity contribution in [1.29, 1.82) is 0 Å². The molecule has 2 heterocycles. The van der Waals surface area contributed by atoms with Crippen molar-refractivity contribution in [3.05, 3.63) is 42.5 Å². The predicted molar refractivity (Wildman–Crippen MR) is 95.7 cm³/mol. The highest BCUT2D eigenvalue weighted by atomic mass is 32.2. The molecule has 0 atom stereocenters. The number of piperidine rings is 1. The Morgan fingerprint density at radius 1 is 0.917 bits per heavy atom. The van der Waals surface area contributed by atoms with Crippen molar-refractivity contribution in [2.45, 2.75) is 36.6 Å². The van der Waals surface area contributed by atoms with Gasteiger partial charge in [-0.05, 0) is 22.9 Å². The SMILES string of the molecule is O=S(=O)(c1ccc2ccccc2c1)N1CCC([NH+]2CCCC2)CC1. The van der Waals surface area contributed by atoms with E-state index in [-0.39, 0.29) is 0 Å². The first-order valence-electron chi connectivity index (χ1n) is 8.98. The number of likely N-dealkylation sites (tertiary alicyclic amines) is 1. The third-order valence-electron chi connectivity index (χ3n) is 5.64. The number of nitrogens with one attached hydrogen (secondary N) is 1. The molecule has 2 aliphatic rings. The maximum Gasteiger partial charge on any atom is 0.243 e. The lowest BCUT2D eigenvalue weighted by Crippen LogP contribution is -3.14. The molecule has 5 heteroatoms. The van der Waals surface area contributed by atoms with Crippen LogP contribution in [0.5, 0.6) is 0 Å². The fourth-order valence-corrected chi connectivity index (χ4v) is 5.72. The van der Waals surface area contributed by atoms with E-state index in [1.54, 1.807) is 15.3 Å². The molecule has 2 fully saturated rings. The van der Waals surface area contributed by atoms with Gasteiger partial charge in [0.25, 0.3) is 0 Å². The second-order valence-corrected chi connectivity index (χ2v) is 8.99. The minimum absolute atomic E-state index is 0.424. The van der Waals surface area contributed by atoms with Crippen LogP contribution in [0.4, 0.5) is 0 Å². The zero-order valence-corrected chi connectivity index (χ0v) is 14.8. The van der Waals surface area contributed by atoms with Gasteiger partial charge in [-0.15, -0.1) is 0 Å². The first-order valence-corrected chi connectivity index (χ1v) is 10.4. The minimum atomic E-state index is -3.38. The molecule has 0 saturated carbocycles. The highest BCUT2D eigenvalue weighted by Crippen LogP contribution is 2.24. The Balaban J connectivity index is 1.52. The lowest BCUT2D eigenvalue weighted by atomic mass is 10.1. The summed E-state index contributed by atoms with van der Waals surface area (Å²) in [5.41, 5.74) is 0. The summed E-state index contributed by atoms with van der Waals surface area (Å²) in [6.07, 6.45) is 4.63. The number of fused-ring (bicyclic) bond motifs is 1. The molecule has 0 aliphatic carbocycles. The summed E-state index contributed by atoms with van der Waals surface area (Å²) in [5.74, 6) is 0. The van der Waals surface area contributed by atoms with Crippen molar-refractivity contribution in [2.75, 3.05) is 26.2 Å². The minimum Gasteiger partial charge on any atom is -0.332 e. The van der Waals surface area contributed by atoms with Crippen molar-refractivity contribution in [1.82, 2.24) is 4.31 Å². The van der Waals surface area contributed by atoms with Gasteiger partial charge in [0.05, 0.1) is 24.0 Å². The first kappa shape index (κ1) is 16.1. The highest BCUT2D eigenvalue weighted by molar-refractivity contribution is 7.89. The molecule has 0 radical (unpaired) electrons. The standard InChI is InChI=1S/C19H24N2O2S/c22-24(23,19-8-7-16-5-1-2-6-17(16)15-19)21-13-9-18(10-14-21)20-11-3-4-12-20/h1-2,5-8,15,18H,3-4,9-14H2/p+1. The van der Waals surface area contributed by atoms with Gasteiger partial charge >= 0.3 is 0 Å². The number of benzene rings is 2. The van der Waals surface area contributed by atoms with Gasteiger partial charge < -0.3 is 4.90 Å². The summed E-state index contributed by atoms with van der Waals surface area (Å²) in [7, 11) is -3.38. The largest absolute Gasteiger partial charge is 0.332 e. The van der Waals surface area contributed by atoms with E-state index in [9.17, 15) is 8.42 Å². The zero-order valence-electron chi connectivity index (χ0n) is 13.9. The second kappa shape index (κ2) is 6.47. The molecule has 24 heavy (non-hydrogen) atoms. The summed E-state index contributed by atoms with van der Waals surface area (Å²) in [4.78, 5) is 2.12. The van der Waals surface area contributed by atoms with E-state index in [2.05, 4.69) is 0 Å². The molecule has 0 amide bonds. The molecule has 1 N–H and O–H groups in total. The molecule has 2 aromatic rings. The first-order chi connectivity index (χ1) is 11.6. The molecule has 0 aromatic heterocycles. The molecule has 0 bridgehead atoms. The molecule has 2 saturated heterocycles. The molecule has 2 aromatic carbocycles. The Kier molecular flexibility index (Phi) is 4.33. The van der Waals surface area contributed by atoms with Gasteiger partial charge in [0.1, 0.15) is 0 Å². The topological polar surface area (TPSA) is 41.8 Å². The third kappa shape index (κ3) is 2.96. The normalized spacial score (nSPS) is 21.5. The smallest absolute Gasteiger partial charge is 0.243 e. The maximum absolute atomic E-state index is 13.0. The number of sulfonamides is 1. The molecule has 0 unspecified atom stereocenters. The van der Waals surface area contributed by atoms with Crippen LogP contribution < -0.4 is 4.90 Å². The van der Waals surface area contributed by atoms with Crippen LogP contribution in [0.2, 0.25) is 0 Å². The third-order valence-corrected chi connectivity index (χ3v) is 7.53. The van der Waals surface area contributed by atoms with Gasteiger partial charge in [-0.25, -0.2) is 8.42 Å². The van der Waals surface area contributed by atoms with E-state index in [0.29, 0.717) is 24.0 Å². The monoisotopic (exact) mass is 345 g/mol. The average molecular weight is 345 g/mol. The number of hydrogen-bond donors (Lipinski definition) is 1. The van der Waals surface area contributed by atoms with Gasteiger partial charge in [0, 0.05) is 38.8 Å². The summed E-state index contributed by atoms with van der Waals surface area (Å²) in [5, 5.41) is 2.06. The van der Waals surface area contributed by atoms with Gasteiger partial charge in [-0.3, -0.25) is 0 Å². The zero-order chi connectivity index (χ0) is 16.6. The lowest BCUT2D eigenvalue weighted by molar-refractivity contribution is -0.914. The van der Waals surface area contributed by atoms with Crippen molar-refractivity contribution in [3.63, 3.8) is 0 Å². The Bertz CT molecular complexity index is 820. The predicted octanol–water partition coefficient (Wildman–Crippen LogP) is 1.67. The van der Waals surface area contributed by atoms with Crippen molar-refractivity contribution < 1.29 is 13.3 Å². The van der Waals surface area contributed by atoms with Gasteiger partial charge in [0.15, 0.2) is 0 Å². The second-order valence-electron chi connectivity index (χ2n) is 7.05. The van der Waals surface area contributed by atoms with Gasteiger partial charge in [-0.1, -0.05) is 30.3 Å². The van der Waals surface area contributed by atoms with E-state index in [4.69, 9.17) is 0 Å². The van der Waals surface area contributed by atoms with Crippen molar-refractivity contribution in [2.24, 2.45) is 0 Å². The van der Waals surface area contributed by atoms with Crippen LogP contribution in [0.3, 0.4) is 0 Å². The van der Waals surface area contributed by atoms with E-state index < -0.39 is 10.0 Å². The number of quaternary nitrogens is 1. The van der Waals surface area contributed by atoms with Crippen LogP contribution >= 0.6 is 0 Å². The summed E-state index contributed by atoms with van der Waals surface area (Å²) >= 11 is 0. The molecule has 4 nitrogen and oxygen atoms in total. The fourth-order valence-electron chi connectivity index (χ4n) is 4.22. The Hall–Kier alpha value is -1.43. The van der Waals surface area contributed by atoms with Crippen LogP contribution in [-0.2, 0) is 10.0 Å². The highest BCUT2D eigenvalue weighted by Gasteiger charge is 2.34. The van der Waals surface area contributed by atoms with Crippen LogP contribution in [0, 0.1) is 0 Å². The molecule has 2 aliphatic heterocycles. The van der Waals surface area contributed by atoms with E-state index in [1.807, 2.05) is 36.4 Å².